The minimum absolute atomic E-state index is 0.0993. The number of para-hydroxylation sites is 1. The van der Waals surface area contributed by atoms with Crippen LogP contribution in [0.3, 0.4) is 0 Å². The fraction of sp³-hybridized carbons (Fsp3) is 0.100. The smallest absolute Gasteiger partial charge is 0.289 e. The molecule has 1 N–H and O–H groups in total. The number of amides is 2. The topological polar surface area (TPSA) is 62.6 Å². The van der Waals surface area contributed by atoms with Crippen molar-refractivity contribution in [3.05, 3.63) is 74.9 Å². The van der Waals surface area contributed by atoms with Gasteiger partial charge in [-0.05, 0) is 58.4 Å². The van der Waals surface area contributed by atoms with Crippen molar-refractivity contribution in [1.82, 2.24) is 4.90 Å². The van der Waals surface area contributed by atoms with Gasteiger partial charge in [-0.15, -0.1) is 0 Å². The lowest BCUT2D eigenvalue weighted by atomic mass is 10.2. The molecule has 0 aliphatic rings. The Hall–Kier alpha value is -2.28. The van der Waals surface area contributed by atoms with Crippen LogP contribution in [0.25, 0.3) is 11.3 Å². The lowest BCUT2D eigenvalue weighted by molar-refractivity contribution is -0.116. The maximum atomic E-state index is 12.6. The maximum absolute atomic E-state index is 12.6. The number of rotatable bonds is 5. The van der Waals surface area contributed by atoms with Gasteiger partial charge in [-0.1, -0.05) is 35.3 Å². The molecule has 1 aromatic heterocycles. The summed E-state index contributed by atoms with van der Waals surface area (Å²) in [6, 6.07) is 15.4. The zero-order valence-electron chi connectivity index (χ0n) is 14.7. The van der Waals surface area contributed by atoms with Crippen LogP contribution >= 0.6 is 39.1 Å². The second-order valence-corrected chi connectivity index (χ2v) is 7.68. The number of carbonyl (C=O) groups is 2. The van der Waals surface area contributed by atoms with Gasteiger partial charge >= 0.3 is 0 Å². The zero-order chi connectivity index (χ0) is 20.3. The van der Waals surface area contributed by atoms with E-state index in [1.54, 1.807) is 36.4 Å². The summed E-state index contributed by atoms with van der Waals surface area (Å²) in [6.45, 7) is -0.131. The quantitative estimate of drug-likeness (QED) is 0.506. The van der Waals surface area contributed by atoms with Crippen LogP contribution in [0.15, 0.2) is 63.5 Å². The largest absolute Gasteiger partial charge is 0.451 e. The molecule has 1 heterocycles. The van der Waals surface area contributed by atoms with E-state index >= 15 is 0 Å². The second-order valence-electron chi connectivity index (χ2n) is 5.98. The van der Waals surface area contributed by atoms with Gasteiger partial charge in [-0.2, -0.15) is 0 Å². The Morgan fingerprint density at radius 2 is 1.86 bits per heavy atom. The molecule has 0 aliphatic carbocycles. The number of anilines is 1. The van der Waals surface area contributed by atoms with Gasteiger partial charge in [0, 0.05) is 22.1 Å². The molecule has 0 saturated carbocycles. The minimum Gasteiger partial charge on any atom is -0.451 e. The summed E-state index contributed by atoms with van der Waals surface area (Å²) in [5.74, 6) is -0.233. The number of benzene rings is 2. The second kappa shape index (κ2) is 8.82. The van der Waals surface area contributed by atoms with E-state index < -0.39 is 5.91 Å². The highest BCUT2D eigenvalue weighted by atomic mass is 79.9. The molecule has 0 atom stereocenters. The number of halogens is 3. The average Bonchev–Trinajstić information content (AvgIpc) is 3.14. The van der Waals surface area contributed by atoms with E-state index in [1.165, 1.54) is 18.0 Å². The third-order valence-electron chi connectivity index (χ3n) is 3.89. The van der Waals surface area contributed by atoms with E-state index in [2.05, 4.69) is 21.2 Å². The molecule has 144 valence electrons. The lowest BCUT2D eigenvalue weighted by Gasteiger charge is -2.16. The van der Waals surface area contributed by atoms with Gasteiger partial charge in [-0.25, -0.2) is 0 Å². The van der Waals surface area contributed by atoms with Gasteiger partial charge in [0.15, 0.2) is 5.76 Å². The third kappa shape index (κ3) is 4.76. The van der Waals surface area contributed by atoms with Crippen LogP contribution in [0.2, 0.25) is 10.0 Å². The molecule has 0 fully saturated rings. The van der Waals surface area contributed by atoms with Crippen LogP contribution < -0.4 is 5.32 Å². The van der Waals surface area contributed by atoms with Crippen LogP contribution in [-0.4, -0.2) is 30.3 Å². The summed E-state index contributed by atoms with van der Waals surface area (Å²) >= 11 is 15.5. The standard InChI is InChI=1S/C20H15BrCl2N2O3/c1-25(11-19(26)24-16-5-3-2-4-14(16)21)20(27)18-9-8-17(28-18)13-10-12(22)6-7-15(13)23/h2-10H,11H2,1H3,(H,24,26). The van der Waals surface area contributed by atoms with E-state index in [0.717, 1.165) is 4.47 Å². The molecule has 2 aromatic carbocycles. The van der Waals surface area contributed by atoms with E-state index in [9.17, 15) is 9.59 Å². The Morgan fingerprint density at radius 1 is 1.11 bits per heavy atom. The van der Waals surface area contributed by atoms with E-state index in [-0.39, 0.29) is 18.2 Å². The molecule has 3 rings (SSSR count). The highest BCUT2D eigenvalue weighted by molar-refractivity contribution is 9.10. The van der Waals surface area contributed by atoms with Crippen molar-refractivity contribution in [3.8, 4) is 11.3 Å². The van der Waals surface area contributed by atoms with Gasteiger partial charge in [-0.3, -0.25) is 9.59 Å². The van der Waals surface area contributed by atoms with Gasteiger partial charge in [0.05, 0.1) is 17.3 Å². The summed E-state index contributed by atoms with van der Waals surface area (Å²) in [6.07, 6.45) is 0. The summed E-state index contributed by atoms with van der Waals surface area (Å²) in [7, 11) is 1.52. The van der Waals surface area contributed by atoms with E-state index in [1.807, 2.05) is 12.1 Å². The summed E-state index contributed by atoms with van der Waals surface area (Å²) in [5, 5.41) is 3.71. The Kier molecular flexibility index (Phi) is 6.44. The Labute approximate surface area is 180 Å². The lowest BCUT2D eigenvalue weighted by Crippen LogP contribution is -2.34. The summed E-state index contributed by atoms with van der Waals surface area (Å²) in [5.41, 5.74) is 1.21. The van der Waals surface area contributed by atoms with Crippen molar-refractivity contribution in [2.24, 2.45) is 0 Å². The third-order valence-corrected chi connectivity index (χ3v) is 5.14. The first-order valence-electron chi connectivity index (χ1n) is 8.20. The summed E-state index contributed by atoms with van der Waals surface area (Å²) in [4.78, 5) is 26.1. The molecular weight excluding hydrogens is 467 g/mol. The molecule has 0 radical (unpaired) electrons. The van der Waals surface area contributed by atoms with Crippen LogP contribution in [0.1, 0.15) is 10.6 Å². The molecule has 2 amide bonds. The molecule has 0 unspecified atom stereocenters. The number of hydrogen-bond donors (Lipinski definition) is 1. The fourth-order valence-corrected chi connectivity index (χ4v) is 3.28. The molecule has 0 spiro atoms. The minimum atomic E-state index is -0.424. The van der Waals surface area contributed by atoms with Crippen LogP contribution in [0.5, 0.6) is 0 Å². The first-order valence-corrected chi connectivity index (χ1v) is 9.75. The molecule has 8 heteroatoms. The fourth-order valence-electron chi connectivity index (χ4n) is 2.51. The molecule has 0 saturated heterocycles. The number of likely N-dealkylation sites (N-methyl/N-ethyl adjacent to an activating group) is 1. The van der Waals surface area contributed by atoms with Gasteiger partial charge in [0.2, 0.25) is 5.91 Å². The SMILES string of the molecule is CN(CC(=O)Nc1ccccc1Br)C(=O)c1ccc(-c2cc(Cl)ccc2Cl)o1. The van der Waals surface area contributed by atoms with E-state index in [0.29, 0.717) is 27.1 Å². The Morgan fingerprint density at radius 3 is 2.61 bits per heavy atom. The summed E-state index contributed by atoms with van der Waals surface area (Å²) < 4.78 is 6.39. The predicted molar refractivity (Wildman–Crippen MR) is 114 cm³/mol. The Balaban J connectivity index is 1.68. The van der Waals surface area contributed by atoms with Crippen molar-refractivity contribution in [2.75, 3.05) is 18.9 Å². The van der Waals surface area contributed by atoms with Crippen molar-refractivity contribution in [2.45, 2.75) is 0 Å². The van der Waals surface area contributed by atoms with Crippen molar-refractivity contribution in [1.29, 1.82) is 0 Å². The number of furan rings is 1. The van der Waals surface area contributed by atoms with Crippen LogP contribution in [0.4, 0.5) is 5.69 Å². The zero-order valence-corrected chi connectivity index (χ0v) is 17.8. The van der Waals surface area contributed by atoms with Crippen molar-refractivity contribution < 1.29 is 14.0 Å². The van der Waals surface area contributed by atoms with E-state index in [4.69, 9.17) is 27.6 Å². The normalized spacial score (nSPS) is 10.6. The monoisotopic (exact) mass is 480 g/mol. The highest BCUT2D eigenvalue weighted by Crippen LogP contribution is 2.32. The Bertz CT molecular complexity index is 1040. The first kappa shape index (κ1) is 20.5. The molecule has 0 aliphatic heterocycles. The first-order chi connectivity index (χ1) is 13.3. The molecule has 5 nitrogen and oxygen atoms in total. The number of hydrogen-bond acceptors (Lipinski definition) is 3. The average molecular weight is 482 g/mol. The predicted octanol–water partition coefficient (Wildman–Crippen LogP) is 5.73. The van der Waals surface area contributed by atoms with Gasteiger partial charge in [0.1, 0.15) is 5.76 Å². The van der Waals surface area contributed by atoms with Crippen LogP contribution in [-0.2, 0) is 4.79 Å². The number of nitrogens with one attached hydrogen (secondary N) is 1. The molecule has 0 bridgehead atoms. The van der Waals surface area contributed by atoms with Crippen LogP contribution in [0, 0.1) is 0 Å². The number of carbonyl (C=O) groups excluding carboxylic acids is 2. The van der Waals surface area contributed by atoms with Gasteiger partial charge in [0.25, 0.3) is 5.91 Å². The molecule has 3 aromatic rings. The number of nitrogens with zero attached hydrogens (tertiary/aromatic N) is 1. The molecular formula is C20H15BrCl2N2O3. The van der Waals surface area contributed by atoms with Crippen molar-refractivity contribution in [3.63, 3.8) is 0 Å². The van der Waals surface area contributed by atoms with Crippen molar-refractivity contribution >= 4 is 56.6 Å². The maximum Gasteiger partial charge on any atom is 0.289 e. The van der Waals surface area contributed by atoms with Gasteiger partial charge < -0.3 is 14.6 Å². The highest BCUT2D eigenvalue weighted by Gasteiger charge is 2.20. The molecule has 28 heavy (non-hydrogen) atoms.